The van der Waals surface area contributed by atoms with Crippen molar-refractivity contribution in [2.24, 2.45) is 5.92 Å². The number of hydrogen-bond donors (Lipinski definition) is 2. The quantitative estimate of drug-likeness (QED) is 0.898. The summed E-state index contributed by atoms with van der Waals surface area (Å²) in [4.78, 5) is 0.429. The standard InChI is InChI=1S/C15H24N2O2S/c1-10(2)12(4)17-20(18,19)14-8-7-11(3)15-13(14)6-5-9-16-15/h7-8,10,12,16-17H,5-6,9H2,1-4H3. The van der Waals surface area contributed by atoms with Gasteiger partial charge in [-0.05, 0) is 49.8 Å². The van der Waals surface area contributed by atoms with Crippen LogP contribution in [0.25, 0.3) is 0 Å². The molecule has 2 N–H and O–H groups in total. The Morgan fingerprint density at radius 3 is 2.60 bits per heavy atom. The van der Waals surface area contributed by atoms with Gasteiger partial charge < -0.3 is 5.32 Å². The average Bonchev–Trinajstić information content (AvgIpc) is 2.38. The smallest absolute Gasteiger partial charge is 0.241 e. The molecule has 0 amide bonds. The van der Waals surface area contributed by atoms with Gasteiger partial charge in [-0.1, -0.05) is 19.9 Å². The Morgan fingerprint density at radius 2 is 1.95 bits per heavy atom. The summed E-state index contributed by atoms with van der Waals surface area (Å²) in [5, 5.41) is 3.33. The molecular formula is C15H24N2O2S. The van der Waals surface area contributed by atoms with Crippen molar-refractivity contribution in [3.8, 4) is 0 Å². The summed E-state index contributed by atoms with van der Waals surface area (Å²) >= 11 is 0. The molecule has 1 atom stereocenters. The second-order valence-corrected chi connectivity index (χ2v) is 7.60. The minimum Gasteiger partial charge on any atom is -0.385 e. The molecule has 0 saturated carbocycles. The fourth-order valence-corrected chi connectivity index (χ4v) is 4.08. The molecule has 1 aromatic rings. The SMILES string of the molecule is Cc1ccc(S(=O)(=O)NC(C)C(C)C)c2c1NCCC2. The Labute approximate surface area is 122 Å². The lowest BCUT2D eigenvalue weighted by atomic mass is 10.00. The number of sulfonamides is 1. The third-order valence-electron chi connectivity index (χ3n) is 4.01. The van der Waals surface area contributed by atoms with Crippen molar-refractivity contribution in [3.05, 3.63) is 23.3 Å². The zero-order valence-corrected chi connectivity index (χ0v) is 13.5. The van der Waals surface area contributed by atoms with Crippen molar-refractivity contribution < 1.29 is 8.42 Å². The zero-order chi connectivity index (χ0) is 14.9. The van der Waals surface area contributed by atoms with Crippen LogP contribution in [0.15, 0.2) is 17.0 Å². The predicted molar refractivity (Wildman–Crippen MR) is 82.6 cm³/mol. The van der Waals surface area contributed by atoms with E-state index in [1.807, 2.05) is 33.8 Å². The molecule has 0 fully saturated rings. The van der Waals surface area contributed by atoms with Crippen LogP contribution in [-0.4, -0.2) is 21.0 Å². The second kappa shape index (κ2) is 5.74. The summed E-state index contributed by atoms with van der Waals surface area (Å²) in [6.45, 7) is 8.85. The molecule has 1 heterocycles. The van der Waals surface area contributed by atoms with Crippen molar-refractivity contribution in [3.63, 3.8) is 0 Å². The molecule has 0 aromatic heterocycles. The van der Waals surface area contributed by atoms with Gasteiger partial charge in [0.2, 0.25) is 10.0 Å². The van der Waals surface area contributed by atoms with E-state index in [-0.39, 0.29) is 12.0 Å². The second-order valence-electron chi connectivity index (χ2n) is 5.92. The van der Waals surface area contributed by atoms with Gasteiger partial charge >= 0.3 is 0 Å². The molecule has 0 bridgehead atoms. The molecule has 0 radical (unpaired) electrons. The van der Waals surface area contributed by atoms with Crippen LogP contribution in [0.1, 0.15) is 38.3 Å². The van der Waals surface area contributed by atoms with Crippen LogP contribution >= 0.6 is 0 Å². The van der Waals surface area contributed by atoms with Crippen molar-refractivity contribution in [2.75, 3.05) is 11.9 Å². The highest BCUT2D eigenvalue weighted by Crippen LogP contribution is 2.31. The molecule has 2 rings (SSSR count). The Kier molecular flexibility index (Phi) is 4.39. The van der Waals surface area contributed by atoms with Gasteiger partial charge in [-0.3, -0.25) is 0 Å². The first-order valence-corrected chi connectivity index (χ1v) is 8.70. The Balaban J connectivity index is 2.42. The Morgan fingerprint density at radius 1 is 1.25 bits per heavy atom. The first-order valence-electron chi connectivity index (χ1n) is 7.21. The van der Waals surface area contributed by atoms with E-state index in [1.165, 1.54) is 0 Å². The molecule has 0 aliphatic carbocycles. The van der Waals surface area contributed by atoms with Crippen LogP contribution in [0.3, 0.4) is 0 Å². The normalized spacial score (nSPS) is 16.6. The van der Waals surface area contributed by atoms with E-state index in [9.17, 15) is 8.42 Å². The summed E-state index contributed by atoms with van der Waals surface area (Å²) in [5.74, 6) is 0.268. The van der Waals surface area contributed by atoms with Crippen molar-refractivity contribution >= 4 is 15.7 Å². The molecule has 1 unspecified atom stereocenters. The molecule has 4 nitrogen and oxygen atoms in total. The number of benzene rings is 1. The molecule has 1 aromatic carbocycles. The summed E-state index contributed by atoms with van der Waals surface area (Å²) in [6, 6.07) is 3.54. The molecule has 1 aliphatic heterocycles. The monoisotopic (exact) mass is 296 g/mol. The number of anilines is 1. The third kappa shape index (κ3) is 2.99. The number of fused-ring (bicyclic) bond motifs is 1. The highest BCUT2D eigenvalue weighted by molar-refractivity contribution is 7.89. The molecule has 0 spiro atoms. The van der Waals surface area contributed by atoms with E-state index >= 15 is 0 Å². The van der Waals surface area contributed by atoms with E-state index in [0.29, 0.717) is 4.90 Å². The molecule has 0 saturated heterocycles. The number of aryl methyl sites for hydroxylation is 1. The summed E-state index contributed by atoms with van der Waals surface area (Å²) in [7, 11) is -3.45. The summed E-state index contributed by atoms with van der Waals surface area (Å²) in [6.07, 6.45) is 1.79. The Hall–Kier alpha value is -1.07. The molecule has 1 aliphatic rings. The number of nitrogens with one attached hydrogen (secondary N) is 2. The van der Waals surface area contributed by atoms with Gasteiger partial charge in [0.1, 0.15) is 0 Å². The van der Waals surface area contributed by atoms with Gasteiger partial charge in [0, 0.05) is 18.3 Å². The lowest BCUT2D eigenvalue weighted by Gasteiger charge is -2.24. The molecule has 20 heavy (non-hydrogen) atoms. The molecule has 112 valence electrons. The van der Waals surface area contributed by atoms with Crippen molar-refractivity contribution in [2.45, 2.75) is 51.5 Å². The van der Waals surface area contributed by atoms with Gasteiger partial charge in [-0.2, -0.15) is 0 Å². The fraction of sp³-hybridized carbons (Fsp3) is 0.600. The van der Waals surface area contributed by atoms with E-state index < -0.39 is 10.0 Å². The maximum Gasteiger partial charge on any atom is 0.241 e. The van der Waals surface area contributed by atoms with E-state index in [1.54, 1.807) is 6.07 Å². The minimum absolute atomic E-state index is 0.0755. The zero-order valence-electron chi connectivity index (χ0n) is 12.7. The van der Waals surface area contributed by atoms with E-state index in [4.69, 9.17) is 0 Å². The lowest BCUT2D eigenvalue weighted by molar-refractivity contribution is 0.476. The summed E-state index contributed by atoms with van der Waals surface area (Å²) < 4.78 is 28.0. The van der Waals surface area contributed by atoms with E-state index in [2.05, 4.69) is 10.0 Å². The Bertz CT molecular complexity index is 594. The van der Waals surface area contributed by atoms with Gasteiger partial charge in [0.15, 0.2) is 0 Å². The fourth-order valence-electron chi connectivity index (χ4n) is 2.41. The van der Waals surface area contributed by atoms with Crippen molar-refractivity contribution in [1.29, 1.82) is 0 Å². The van der Waals surface area contributed by atoms with E-state index in [0.717, 1.165) is 36.2 Å². The number of rotatable bonds is 4. The van der Waals surface area contributed by atoms with Gasteiger partial charge in [-0.25, -0.2) is 13.1 Å². The molecule has 5 heteroatoms. The van der Waals surface area contributed by atoms with Crippen molar-refractivity contribution in [1.82, 2.24) is 4.72 Å². The minimum atomic E-state index is -3.45. The van der Waals surface area contributed by atoms with Crippen LogP contribution in [0.4, 0.5) is 5.69 Å². The van der Waals surface area contributed by atoms with Crippen LogP contribution in [-0.2, 0) is 16.4 Å². The predicted octanol–water partition coefficient (Wildman–Crippen LogP) is 2.68. The highest BCUT2D eigenvalue weighted by atomic mass is 32.2. The molecular weight excluding hydrogens is 272 g/mol. The van der Waals surface area contributed by atoms with Crippen LogP contribution in [0, 0.1) is 12.8 Å². The van der Waals surface area contributed by atoms with Crippen LogP contribution < -0.4 is 10.0 Å². The van der Waals surface area contributed by atoms with Crippen LogP contribution in [0.2, 0.25) is 0 Å². The summed E-state index contributed by atoms with van der Waals surface area (Å²) in [5.41, 5.74) is 3.03. The maximum atomic E-state index is 12.6. The van der Waals surface area contributed by atoms with Crippen LogP contribution in [0.5, 0.6) is 0 Å². The highest BCUT2D eigenvalue weighted by Gasteiger charge is 2.25. The average molecular weight is 296 g/mol. The van der Waals surface area contributed by atoms with Gasteiger partial charge in [-0.15, -0.1) is 0 Å². The lowest BCUT2D eigenvalue weighted by Crippen LogP contribution is -2.36. The number of hydrogen-bond acceptors (Lipinski definition) is 3. The topological polar surface area (TPSA) is 58.2 Å². The van der Waals surface area contributed by atoms with Gasteiger partial charge in [0.25, 0.3) is 0 Å². The maximum absolute atomic E-state index is 12.6. The first-order chi connectivity index (χ1) is 9.33. The first kappa shape index (κ1) is 15.3. The third-order valence-corrected chi connectivity index (χ3v) is 5.66. The largest absolute Gasteiger partial charge is 0.385 e. The van der Waals surface area contributed by atoms with Gasteiger partial charge in [0.05, 0.1) is 4.90 Å².